The summed E-state index contributed by atoms with van der Waals surface area (Å²) in [5.74, 6) is 0. The lowest BCUT2D eigenvalue weighted by molar-refractivity contribution is 0.162. The summed E-state index contributed by atoms with van der Waals surface area (Å²) in [4.78, 5) is 2.61. The minimum Gasteiger partial charge on any atom is -0.313 e. The van der Waals surface area contributed by atoms with Gasteiger partial charge in [0, 0.05) is 24.7 Å². The maximum Gasteiger partial charge on any atom is 0.0192 e. The zero-order valence-electron chi connectivity index (χ0n) is 12.3. The molecule has 17 heavy (non-hydrogen) atoms. The molecule has 1 N–H and O–H groups in total. The first kappa shape index (κ1) is 15.0. The molecule has 0 bridgehead atoms. The van der Waals surface area contributed by atoms with Crippen LogP contribution in [0.3, 0.4) is 0 Å². The molecule has 0 aliphatic heterocycles. The molecule has 0 aromatic rings. The van der Waals surface area contributed by atoms with E-state index in [1.165, 1.54) is 44.9 Å². The van der Waals surface area contributed by atoms with Crippen molar-refractivity contribution in [3.63, 3.8) is 0 Å². The van der Waals surface area contributed by atoms with E-state index in [-0.39, 0.29) is 0 Å². The van der Waals surface area contributed by atoms with Crippen LogP contribution in [0.1, 0.15) is 65.7 Å². The summed E-state index contributed by atoms with van der Waals surface area (Å²) in [5.41, 5.74) is 0. The van der Waals surface area contributed by atoms with Crippen molar-refractivity contribution in [2.45, 2.75) is 83.8 Å². The lowest BCUT2D eigenvalue weighted by Gasteiger charge is -2.33. The third-order valence-corrected chi connectivity index (χ3v) is 4.47. The van der Waals surface area contributed by atoms with Crippen LogP contribution in [-0.2, 0) is 0 Å². The summed E-state index contributed by atoms with van der Waals surface area (Å²) in [7, 11) is 2.32. The third-order valence-electron chi connectivity index (χ3n) is 4.47. The molecule has 2 nitrogen and oxygen atoms in total. The molecule has 0 heterocycles. The van der Waals surface area contributed by atoms with E-state index in [0.717, 1.165) is 12.6 Å². The average Bonchev–Trinajstić information content (AvgIpc) is 2.63. The Balaban J connectivity index is 2.31. The van der Waals surface area contributed by atoms with E-state index < -0.39 is 0 Å². The van der Waals surface area contributed by atoms with Crippen molar-refractivity contribution in [1.82, 2.24) is 10.2 Å². The fourth-order valence-corrected chi connectivity index (χ4v) is 2.69. The van der Waals surface area contributed by atoms with E-state index >= 15 is 0 Å². The van der Waals surface area contributed by atoms with Gasteiger partial charge < -0.3 is 5.32 Å². The molecule has 1 fully saturated rings. The van der Waals surface area contributed by atoms with Crippen LogP contribution in [0.2, 0.25) is 0 Å². The molecule has 0 aromatic heterocycles. The molecule has 0 radical (unpaired) electrons. The van der Waals surface area contributed by atoms with Gasteiger partial charge in [0.15, 0.2) is 0 Å². The summed E-state index contributed by atoms with van der Waals surface area (Å²) in [6.45, 7) is 8.01. The first-order chi connectivity index (χ1) is 8.15. The first-order valence-electron chi connectivity index (χ1n) is 7.60. The van der Waals surface area contributed by atoms with Gasteiger partial charge in [-0.25, -0.2) is 0 Å². The highest BCUT2D eigenvalue weighted by Gasteiger charge is 2.20. The molecule has 102 valence electrons. The predicted molar refractivity (Wildman–Crippen MR) is 76.5 cm³/mol. The van der Waals surface area contributed by atoms with Gasteiger partial charge in [-0.3, -0.25) is 4.90 Å². The number of hydrogen-bond donors (Lipinski definition) is 1. The molecule has 1 rings (SSSR count). The molecule has 1 aliphatic rings. The Labute approximate surface area is 108 Å². The lowest BCUT2D eigenvalue weighted by Crippen LogP contribution is -2.45. The Kier molecular flexibility index (Phi) is 7.14. The van der Waals surface area contributed by atoms with Crippen LogP contribution in [-0.4, -0.2) is 36.6 Å². The van der Waals surface area contributed by atoms with Crippen molar-refractivity contribution in [3.05, 3.63) is 0 Å². The second kappa shape index (κ2) is 8.10. The number of nitrogens with one attached hydrogen (secondary N) is 1. The Hall–Kier alpha value is -0.0800. The molecule has 2 atom stereocenters. The van der Waals surface area contributed by atoms with Gasteiger partial charge in [-0.15, -0.1) is 0 Å². The molecule has 0 amide bonds. The van der Waals surface area contributed by atoms with E-state index in [4.69, 9.17) is 0 Å². The summed E-state index contributed by atoms with van der Waals surface area (Å²) >= 11 is 0. The van der Waals surface area contributed by atoms with Crippen LogP contribution in [0.15, 0.2) is 0 Å². The number of rotatable bonds is 6. The second-order valence-corrected chi connectivity index (χ2v) is 5.88. The number of nitrogens with zero attached hydrogens (tertiary/aromatic N) is 1. The van der Waals surface area contributed by atoms with Gasteiger partial charge >= 0.3 is 0 Å². The number of hydrogen-bond acceptors (Lipinski definition) is 2. The molecular formula is C15H32N2. The molecule has 1 saturated carbocycles. The Morgan fingerprint density at radius 3 is 2.24 bits per heavy atom. The molecule has 0 aromatic carbocycles. The van der Waals surface area contributed by atoms with Crippen LogP contribution >= 0.6 is 0 Å². The highest BCUT2D eigenvalue weighted by Crippen LogP contribution is 2.22. The van der Waals surface area contributed by atoms with E-state index in [1.807, 2.05) is 0 Å². The van der Waals surface area contributed by atoms with Gasteiger partial charge in [0.1, 0.15) is 0 Å². The largest absolute Gasteiger partial charge is 0.313 e. The fourth-order valence-electron chi connectivity index (χ4n) is 2.69. The fraction of sp³-hybridized carbons (Fsp3) is 1.00. The SMILES string of the molecule is CCC(C)NCC(C)N(C)C1CCCCCC1. The molecule has 2 heteroatoms. The van der Waals surface area contributed by atoms with Crippen LogP contribution in [0.25, 0.3) is 0 Å². The quantitative estimate of drug-likeness (QED) is 0.716. The normalized spacial score (nSPS) is 22.4. The van der Waals surface area contributed by atoms with Crippen LogP contribution < -0.4 is 5.32 Å². The summed E-state index contributed by atoms with van der Waals surface area (Å²) in [6, 6.07) is 2.14. The maximum atomic E-state index is 3.63. The second-order valence-electron chi connectivity index (χ2n) is 5.88. The zero-order valence-corrected chi connectivity index (χ0v) is 12.3. The first-order valence-corrected chi connectivity index (χ1v) is 7.60. The van der Waals surface area contributed by atoms with Gasteiger partial charge in [-0.2, -0.15) is 0 Å². The third kappa shape index (κ3) is 5.39. The standard InChI is InChI=1S/C15H32N2/c1-5-13(2)16-12-14(3)17(4)15-10-8-6-7-9-11-15/h13-16H,5-12H2,1-4H3. The molecular weight excluding hydrogens is 208 g/mol. The van der Waals surface area contributed by atoms with E-state index in [9.17, 15) is 0 Å². The summed E-state index contributed by atoms with van der Waals surface area (Å²) in [5, 5.41) is 3.63. The highest BCUT2D eigenvalue weighted by atomic mass is 15.2. The highest BCUT2D eigenvalue weighted by molar-refractivity contribution is 4.78. The lowest BCUT2D eigenvalue weighted by atomic mass is 10.1. The Bertz CT molecular complexity index is 185. The smallest absolute Gasteiger partial charge is 0.0192 e. The van der Waals surface area contributed by atoms with E-state index in [2.05, 4.69) is 38.0 Å². The van der Waals surface area contributed by atoms with E-state index in [0.29, 0.717) is 12.1 Å². The molecule has 0 saturated heterocycles. The van der Waals surface area contributed by atoms with Crippen LogP contribution in [0.5, 0.6) is 0 Å². The molecule has 1 aliphatic carbocycles. The van der Waals surface area contributed by atoms with Crippen molar-refractivity contribution in [1.29, 1.82) is 0 Å². The van der Waals surface area contributed by atoms with Gasteiger partial charge in [0.05, 0.1) is 0 Å². The summed E-state index contributed by atoms with van der Waals surface area (Å²) < 4.78 is 0. The van der Waals surface area contributed by atoms with Crippen molar-refractivity contribution >= 4 is 0 Å². The Morgan fingerprint density at radius 1 is 1.12 bits per heavy atom. The minimum absolute atomic E-state index is 0.653. The molecule has 0 spiro atoms. The van der Waals surface area contributed by atoms with Crippen molar-refractivity contribution < 1.29 is 0 Å². The van der Waals surface area contributed by atoms with Gasteiger partial charge in [0.25, 0.3) is 0 Å². The van der Waals surface area contributed by atoms with Crippen molar-refractivity contribution in [3.8, 4) is 0 Å². The van der Waals surface area contributed by atoms with Crippen molar-refractivity contribution in [2.24, 2.45) is 0 Å². The van der Waals surface area contributed by atoms with Gasteiger partial charge in [-0.05, 0) is 40.2 Å². The average molecular weight is 240 g/mol. The van der Waals surface area contributed by atoms with E-state index in [1.54, 1.807) is 0 Å². The van der Waals surface area contributed by atoms with Gasteiger partial charge in [-0.1, -0.05) is 32.6 Å². The zero-order chi connectivity index (χ0) is 12.7. The predicted octanol–water partition coefficient (Wildman–Crippen LogP) is 3.42. The Morgan fingerprint density at radius 2 is 1.71 bits per heavy atom. The van der Waals surface area contributed by atoms with Crippen LogP contribution in [0.4, 0.5) is 0 Å². The maximum absolute atomic E-state index is 3.63. The van der Waals surface area contributed by atoms with Gasteiger partial charge in [0.2, 0.25) is 0 Å². The summed E-state index contributed by atoms with van der Waals surface area (Å²) in [6.07, 6.45) is 9.79. The van der Waals surface area contributed by atoms with Crippen molar-refractivity contribution in [2.75, 3.05) is 13.6 Å². The monoisotopic (exact) mass is 240 g/mol. The van der Waals surface area contributed by atoms with Crippen LogP contribution in [0, 0.1) is 0 Å². The molecule has 2 unspecified atom stereocenters. The topological polar surface area (TPSA) is 15.3 Å². The number of likely N-dealkylation sites (N-methyl/N-ethyl adjacent to an activating group) is 1. The minimum atomic E-state index is 0.653.